The van der Waals surface area contributed by atoms with Gasteiger partial charge < -0.3 is 15.2 Å². The Morgan fingerprint density at radius 3 is 3.00 bits per heavy atom. The molecule has 1 aliphatic heterocycles. The summed E-state index contributed by atoms with van der Waals surface area (Å²) in [4.78, 5) is 25.9. The number of hydrogen-bond acceptors (Lipinski definition) is 5. The molecule has 1 unspecified atom stereocenters. The van der Waals surface area contributed by atoms with Crippen LogP contribution in [0.4, 0.5) is 0 Å². The van der Waals surface area contributed by atoms with Crippen molar-refractivity contribution in [3.63, 3.8) is 0 Å². The first-order valence-electron chi connectivity index (χ1n) is 4.74. The summed E-state index contributed by atoms with van der Waals surface area (Å²) in [5, 5.41) is 12.9. The second-order valence-electron chi connectivity index (χ2n) is 3.38. The summed E-state index contributed by atoms with van der Waals surface area (Å²) >= 11 is 1.02. The number of rotatable bonds is 3. The van der Waals surface area contributed by atoms with E-state index < -0.39 is 5.97 Å². The lowest BCUT2D eigenvalue weighted by atomic mass is 10.2. The van der Waals surface area contributed by atoms with Crippen molar-refractivity contribution in [1.29, 1.82) is 0 Å². The number of carboxylic acids is 1. The Balaban J connectivity index is 1.99. The van der Waals surface area contributed by atoms with Gasteiger partial charge in [0, 0.05) is 12.0 Å². The van der Waals surface area contributed by atoms with E-state index >= 15 is 0 Å². The average molecular weight is 242 g/mol. The van der Waals surface area contributed by atoms with E-state index in [0.717, 1.165) is 17.8 Å². The standard InChI is InChI=1S/C9H10N2O4S/c12-7(10-5-1-2-15-3-5)8-11-6(4-16-8)9(13)14/h4-5H,1-3H2,(H,10,12)(H,13,14). The van der Waals surface area contributed by atoms with E-state index in [2.05, 4.69) is 10.3 Å². The van der Waals surface area contributed by atoms with E-state index in [-0.39, 0.29) is 22.7 Å². The van der Waals surface area contributed by atoms with Gasteiger partial charge in [-0.05, 0) is 6.42 Å². The molecule has 0 radical (unpaired) electrons. The van der Waals surface area contributed by atoms with Gasteiger partial charge in [0.1, 0.15) is 0 Å². The van der Waals surface area contributed by atoms with Gasteiger partial charge in [0.2, 0.25) is 0 Å². The number of aromatic carboxylic acids is 1. The van der Waals surface area contributed by atoms with Gasteiger partial charge in [-0.3, -0.25) is 4.79 Å². The van der Waals surface area contributed by atoms with E-state index in [1.54, 1.807) is 0 Å². The lowest BCUT2D eigenvalue weighted by Crippen LogP contribution is -2.34. The molecule has 6 nitrogen and oxygen atoms in total. The minimum absolute atomic E-state index is 0.00433. The molecule has 0 spiro atoms. The molecule has 1 saturated heterocycles. The van der Waals surface area contributed by atoms with Crippen molar-refractivity contribution < 1.29 is 19.4 Å². The van der Waals surface area contributed by atoms with Crippen LogP contribution >= 0.6 is 11.3 Å². The second kappa shape index (κ2) is 4.58. The first-order chi connectivity index (χ1) is 7.66. The van der Waals surface area contributed by atoms with Crippen LogP contribution in [0.1, 0.15) is 26.7 Å². The maximum absolute atomic E-state index is 11.6. The molecule has 2 N–H and O–H groups in total. The van der Waals surface area contributed by atoms with Crippen LogP contribution in [0.15, 0.2) is 5.38 Å². The molecule has 0 saturated carbocycles. The van der Waals surface area contributed by atoms with Crippen molar-refractivity contribution in [3.8, 4) is 0 Å². The highest BCUT2D eigenvalue weighted by Gasteiger charge is 2.21. The highest BCUT2D eigenvalue weighted by Crippen LogP contribution is 2.11. The summed E-state index contributed by atoms with van der Waals surface area (Å²) in [5.74, 6) is -1.47. The molecule has 1 fully saturated rings. The number of hydrogen-bond donors (Lipinski definition) is 2. The average Bonchev–Trinajstić information content (AvgIpc) is 2.86. The van der Waals surface area contributed by atoms with Gasteiger partial charge in [-0.1, -0.05) is 0 Å². The predicted octanol–water partition coefficient (Wildman–Crippen LogP) is 0.360. The fourth-order valence-electron chi connectivity index (χ4n) is 1.37. The molecule has 16 heavy (non-hydrogen) atoms. The summed E-state index contributed by atoms with van der Waals surface area (Å²) < 4.78 is 5.11. The van der Waals surface area contributed by atoms with Crippen LogP contribution in [0.3, 0.4) is 0 Å². The normalized spacial score (nSPS) is 19.6. The van der Waals surface area contributed by atoms with Crippen molar-refractivity contribution in [2.45, 2.75) is 12.5 Å². The third-order valence-electron chi connectivity index (χ3n) is 2.18. The van der Waals surface area contributed by atoms with E-state index in [0.29, 0.717) is 13.2 Å². The number of carbonyl (C=O) groups excluding carboxylic acids is 1. The molecule has 86 valence electrons. The molecule has 0 aliphatic carbocycles. The van der Waals surface area contributed by atoms with Crippen LogP contribution in [0.2, 0.25) is 0 Å². The molecular weight excluding hydrogens is 232 g/mol. The molecule has 1 aliphatic rings. The minimum atomic E-state index is -1.13. The number of carbonyl (C=O) groups is 2. The molecule has 1 aromatic heterocycles. The minimum Gasteiger partial charge on any atom is -0.476 e. The Morgan fingerprint density at radius 2 is 2.44 bits per heavy atom. The molecule has 2 heterocycles. The lowest BCUT2D eigenvalue weighted by Gasteiger charge is -2.07. The molecule has 1 atom stereocenters. The van der Waals surface area contributed by atoms with Crippen LogP contribution in [0.25, 0.3) is 0 Å². The van der Waals surface area contributed by atoms with Crippen LogP contribution in [0.5, 0.6) is 0 Å². The number of amides is 1. The number of ether oxygens (including phenoxy) is 1. The Bertz CT molecular complexity index is 411. The van der Waals surface area contributed by atoms with E-state index in [1.807, 2.05) is 0 Å². The number of nitrogens with zero attached hydrogens (tertiary/aromatic N) is 1. The second-order valence-corrected chi connectivity index (χ2v) is 4.24. The summed E-state index contributed by atoms with van der Waals surface area (Å²) in [6, 6.07) is 0.00433. The molecule has 7 heteroatoms. The van der Waals surface area contributed by atoms with Gasteiger partial charge in [0.15, 0.2) is 10.7 Å². The smallest absolute Gasteiger partial charge is 0.355 e. The molecule has 1 amide bonds. The van der Waals surface area contributed by atoms with Gasteiger partial charge in [-0.2, -0.15) is 0 Å². The maximum atomic E-state index is 11.6. The fourth-order valence-corrected chi connectivity index (χ4v) is 2.07. The quantitative estimate of drug-likeness (QED) is 0.799. The van der Waals surface area contributed by atoms with Crippen molar-refractivity contribution in [2.75, 3.05) is 13.2 Å². The zero-order valence-electron chi connectivity index (χ0n) is 8.30. The molecule has 1 aromatic rings. The van der Waals surface area contributed by atoms with Gasteiger partial charge in [-0.15, -0.1) is 11.3 Å². The van der Waals surface area contributed by atoms with Crippen molar-refractivity contribution in [3.05, 3.63) is 16.1 Å². The summed E-state index contributed by atoms with van der Waals surface area (Å²) in [5.41, 5.74) is -0.0992. The zero-order chi connectivity index (χ0) is 11.5. The SMILES string of the molecule is O=C(O)c1csc(C(=O)NC2CCOC2)n1. The Labute approximate surface area is 95.3 Å². The number of carboxylic acid groups (broad SMARTS) is 1. The monoisotopic (exact) mass is 242 g/mol. The lowest BCUT2D eigenvalue weighted by molar-refractivity contribution is 0.0691. The van der Waals surface area contributed by atoms with Crippen molar-refractivity contribution in [1.82, 2.24) is 10.3 Å². The Morgan fingerprint density at radius 1 is 1.62 bits per heavy atom. The summed E-state index contributed by atoms with van der Waals surface area (Å²) in [7, 11) is 0. The number of aromatic nitrogens is 1. The van der Waals surface area contributed by atoms with Crippen LogP contribution in [0, 0.1) is 0 Å². The van der Waals surface area contributed by atoms with Crippen molar-refractivity contribution >= 4 is 23.2 Å². The van der Waals surface area contributed by atoms with Crippen LogP contribution in [-0.2, 0) is 4.74 Å². The Hall–Kier alpha value is -1.47. The highest BCUT2D eigenvalue weighted by molar-refractivity contribution is 7.11. The van der Waals surface area contributed by atoms with E-state index in [4.69, 9.17) is 9.84 Å². The topological polar surface area (TPSA) is 88.5 Å². The summed E-state index contributed by atoms with van der Waals surface area (Å²) in [6.45, 7) is 1.14. The van der Waals surface area contributed by atoms with Gasteiger partial charge in [0.25, 0.3) is 5.91 Å². The largest absolute Gasteiger partial charge is 0.476 e. The predicted molar refractivity (Wildman–Crippen MR) is 55.8 cm³/mol. The van der Waals surface area contributed by atoms with Crippen molar-refractivity contribution in [2.24, 2.45) is 0 Å². The first-order valence-corrected chi connectivity index (χ1v) is 5.62. The molecule has 0 bridgehead atoms. The van der Waals surface area contributed by atoms with E-state index in [1.165, 1.54) is 5.38 Å². The first kappa shape index (κ1) is 11.0. The van der Waals surface area contributed by atoms with Crippen LogP contribution in [-0.4, -0.2) is 41.2 Å². The highest BCUT2D eigenvalue weighted by atomic mass is 32.1. The van der Waals surface area contributed by atoms with Gasteiger partial charge in [-0.25, -0.2) is 9.78 Å². The molecule has 2 rings (SSSR count). The van der Waals surface area contributed by atoms with Gasteiger partial charge in [0.05, 0.1) is 12.6 Å². The third kappa shape index (κ3) is 2.37. The third-order valence-corrected chi connectivity index (χ3v) is 3.02. The number of thiazole rings is 1. The molecular formula is C9H10N2O4S. The Kier molecular flexibility index (Phi) is 3.16. The zero-order valence-corrected chi connectivity index (χ0v) is 9.12. The van der Waals surface area contributed by atoms with E-state index in [9.17, 15) is 9.59 Å². The summed E-state index contributed by atoms with van der Waals surface area (Å²) in [6.07, 6.45) is 0.781. The van der Waals surface area contributed by atoms with Crippen LogP contribution < -0.4 is 5.32 Å². The maximum Gasteiger partial charge on any atom is 0.355 e. The fraction of sp³-hybridized carbons (Fsp3) is 0.444. The van der Waals surface area contributed by atoms with Gasteiger partial charge >= 0.3 is 5.97 Å². The molecule has 0 aromatic carbocycles. The number of nitrogens with one attached hydrogen (secondary N) is 1.